The second-order valence-corrected chi connectivity index (χ2v) is 17.8. The fourth-order valence-corrected chi connectivity index (χ4v) is 0. The molecule has 0 aliphatic carbocycles. The van der Waals surface area contributed by atoms with Gasteiger partial charge >= 0.3 is 5.20 Å². The van der Waals surface area contributed by atoms with Gasteiger partial charge in [-0.1, -0.05) is 33.7 Å². The van der Waals surface area contributed by atoms with E-state index in [-0.39, 0.29) is 0 Å². The highest BCUT2D eigenvalue weighted by Gasteiger charge is 2.02. The molecule has 0 aromatic carbocycles. The summed E-state index contributed by atoms with van der Waals surface area (Å²) in [5, 5.41) is -3.22. The van der Waals surface area contributed by atoms with E-state index < -0.39 is 9.30 Å². The van der Waals surface area contributed by atoms with Crippen LogP contribution in [0.25, 0.3) is 0 Å². The maximum absolute atomic E-state index is 9.51. The molecule has 0 aliphatic heterocycles. The summed E-state index contributed by atoms with van der Waals surface area (Å²) >= 11 is 33.0. The van der Waals surface area contributed by atoms with Crippen molar-refractivity contribution in [1.29, 1.82) is 0 Å². The Morgan fingerprint density at radius 2 is 0.900 bits per heavy atom. The van der Waals surface area contributed by atoms with Gasteiger partial charge in [0.05, 0.1) is 0 Å². The third kappa shape index (κ3) is 143. The lowest BCUT2D eigenvalue weighted by Crippen LogP contribution is -1.19. The summed E-state index contributed by atoms with van der Waals surface area (Å²) in [6, 6.07) is 0. The normalized spacial score (nSPS) is 11.8. The summed E-state index contributed by atoms with van der Waals surface area (Å²) in [7, 11) is 0. The molecule has 0 N–H and O–H groups in total. The zero-order valence-corrected chi connectivity index (χ0v) is 11.1. The molecule has 0 spiro atoms. The molecule has 0 fully saturated rings. The smallest absolute Gasteiger partial charge is 0.271 e. The third-order valence-corrected chi connectivity index (χ3v) is 0. The van der Waals surface area contributed by atoms with Gasteiger partial charge in [0.1, 0.15) is 0 Å². The second-order valence-electron chi connectivity index (χ2n) is 0.797. The Balaban J connectivity index is 0. The minimum Gasteiger partial charge on any atom is -0.271 e. The lowest BCUT2D eigenvalue weighted by atomic mass is 16.0. The van der Waals surface area contributed by atoms with Gasteiger partial charge in [0, 0.05) is 0 Å². The van der Waals surface area contributed by atoms with Crippen LogP contribution in [0, 0.1) is 0 Å². The first kappa shape index (κ1) is 15.1. The molecular formula is Cl6OP2S. The predicted octanol–water partition coefficient (Wildman–Crippen LogP) is 5.74. The van der Waals surface area contributed by atoms with Crippen molar-refractivity contribution in [3.8, 4) is 0 Å². The number of halogens is 6. The van der Waals surface area contributed by atoms with Crippen molar-refractivity contribution in [2.45, 2.75) is 0 Å². The van der Waals surface area contributed by atoms with Gasteiger partial charge in [0.15, 0.2) is 0 Å². The van der Waals surface area contributed by atoms with Gasteiger partial charge in [-0.05, 0) is 45.5 Å². The summed E-state index contributed by atoms with van der Waals surface area (Å²) < 4.78 is 7.12. The molecule has 0 saturated carbocycles. The molecule has 0 atom stereocenters. The van der Waals surface area contributed by atoms with Crippen LogP contribution in [0.4, 0.5) is 0 Å². The molecule has 0 saturated heterocycles. The van der Waals surface area contributed by atoms with Crippen LogP contribution in [-0.4, -0.2) is 0 Å². The van der Waals surface area contributed by atoms with E-state index in [0.29, 0.717) is 0 Å². The SMILES string of the molecule is O=P(Cl)(Cl)Cl.S=P(Cl)(Cl)Cl. The van der Waals surface area contributed by atoms with Crippen LogP contribution in [0.15, 0.2) is 0 Å². The van der Waals surface area contributed by atoms with Gasteiger partial charge in [-0.2, -0.15) is 0 Å². The van der Waals surface area contributed by atoms with E-state index in [1.807, 2.05) is 0 Å². The van der Waals surface area contributed by atoms with Crippen molar-refractivity contribution in [2.24, 2.45) is 0 Å². The summed E-state index contributed by atoms with van der Waals surface area (Å²) in [6.45, 7) is 0. The highest BCUT2D eigenvalue weighted by molar-refractivity contribution is 8.50. The Hall–Kier alpha value is 2.62. The molecule has 10 heavy (non-hydrogen) atoms. The van der Waals surface area contributed by atoms with Crippen LogP contribution in [0.1, 0.15) is 0 Å². The van der Waals surface area contributed by atoms with E-state index in [0.717, 1.165) is 0 Å². The van der Waals surface area contributed by atoms with Crippen molar-refractivity contribution in [3.05, 3.63) is 0 Å². The van der Waals surface area contributed by atoms with Crippen molar-refractivity contribution in [3.63, 3.8) is 0 Å². The molecule has 0 heterocycles. The van der Waals surface area contributed by atoms with Gasteiger partial charge in [-0.15, -0.1) is 0 Å². The third-order valence-electron chi connectivity index (χ3n) is 0. The van der Waals surface area contributed by atoms with E-state index in [1.165, 1.54) is 0 Å². The Kier molecular flexibility index (Phi) is 9.26. The number of hydrogen-bond acceptors (Lipinski definition) is 2. The second kappa shape index (κ2) is 6.13. The fourth-order valence-electron chi connectivity index (χ4n) is 0. The maximum Gasteiger partial charge on any atom is 0.339 e. The molecule has 0 aromatic rings. The van der Waals surface area contributed by atoms with Crippen LogP contribution in [0.2, 0.25) is 0 Å². The van der Waals surface area contributed by atoms with Crippen molar-refractivity contribution < 1.29 is 4.57 Å². The molecule has 1 nitrogen and oxygen atoms in total. The highest BCUT2D eigenvalue weighted by Crippen LogP contribution is 2.62. The molecule has 0 bridgehead atoms. The zero-order chi connectivity index (χ0) is 9.00. The van der Waals surface area contributed by atoms with E-state index in [2.05, 4.69) is 45.5 Å². The van der Waals surface area contributed by atoms with Crippen molar-refractivity contribution >= 4 is 88.5 Å². The summed E-state index contributed by atoms with van der Waals surface area (Å²) in [4.78, 5) is 0. The molecule has 0 amide bonds. The first-order chi connectivity index (χ1) is 4.00. The molecule has 0 unspecified atom stereocenters. The standard InChI is InChI=1S/Cl3OP.Cl3PS/c1-5(2,3)4;1-4(2,3)5. The minimum atomic E-state index is -3.22. The molecule has 64 valence electrons. The topological polar surface area (TPSA) is 17.1 Å². The molecule has 0 aromatic heterocycles. The van der Waals surface area contributed by atoms with Crippen LogP contribution >= 0.6 is 76.7 Å². The predicted molar refractivity (Wildman–Crippen MR) is 57.0 cm³/mol. The van der Waals surface area contributed by atoms with Gasteiger partial charge in [0.2, 0.25) is 4.10 Å². The van der Waals surface area contributed by atoms with Crippen LogP contribution in [0.3, 0.4) is 0 Å². The van der Waals surface area contributed by atoms with Gasteiger partial charge < -0.3 is 0 Å². The number of rotatable bonds is 0. The van der Waals surface area contributed by atoms with Gasteiger partial charge in [0.25, 0.3) is 0 Å². The fraction of sp³-hybridized carbons (Fsp3) is 0. The number of hydrogen-bond donors (Lipinski definition) is 0. The monoisotopic (exact) mass is 320 g/mol. The van der Waals surface area contributed by atoms with Crippen molar-refractivity contribution in [1.82, 2.24) is 0 Å². The summed E-state index contributed by atoms with van der Waals surface area (Å²) in [5.74, 6) is 0. The first-order valence-corrected chi connectivity index (χ1v) is 11.3. The Labute approximate surface area is 92.4 Å². The molecule has 10 heteroatoms. The quantitative estimate of drug-likeness (QED) is 0.529. The first-order valence-electron chi connectivity index (χ1n) is 1.38. The molecular weight excluding hydrogens is 323 g/mol. The largest absolute Gasteiger partial charge is 0.339 e. The minimum absolute atomic E-state index is 2.39. The Morgan fingerprint density at radius 3 is 0.900 bits per heavy atom. The lowest BCUT2D eigenvalue weighted by molar-refractivity contribution is 0.600. The van der Waals surface area contributed by atoms with E-state index in [4.69, 9.17) is 33.7 Å². The van der Waals surface area contributed by atoms with Crippen molar-refractivity contribution in [2.75, 3.05) is 0 Å². The zero-order valence-electron chi connectivity index (χ0n) is 3.98. The van der Waals surface area contributed by atoms with Crippen LogP contribution in [0.5, 0.6) is 0 Å². The van der Waals surface area contributed by atoms with E-state index in [1.54, 1.807) is 0 Å². The lowest BCUT2D eigenvalue weighted by Gasteiger charge is -1.80. The average Bonchev–Trinajstić information content (AvgIpc) is 1.12. The van der Waals surface area contributed by atoms with E-state index in [9.17, 15) is 4.57 Å². The molecule has 0 aliphatic rings. The molecule has 0 rings (SSSR count). The highest BCUT2D eigenvalue weighted by atomic mass is 36.1. The van der Waals surface area contributed by atoms with Gasteiger partial charge in [-0.25, -0.2) is 0 Å². The summed E-state index contributed by atoms with van der Waals surface area (Å²) in [6.07, 6.45) is 0. The Morgan fingerprint density at radius 1 is 0.900 bits per heavy atom. The van der Waals surface area contributed by atoms with Crippen LogP contribution < -0.4 is 0 Å². The summed E-state index contributed by atoms with van der Waals surface area (Å²) in [5.41, 5.74) is 0. The average molecular weight is 323 g/mol. The van der Waals surface area contributed by atoms with E-state index >= 15 is 0 Å². The van der Waals surface area contributed by atoms with Crippen LogP contribution in [-0.2, 0) is 16.4 Å². The Bertz CT molecular complexity index is 128. The maximum atomic E-state index is 9.51. The van der Waals surface area contributed by atoms with Gasteiger partial charge in [-0.3, -0.25) is 4.57 Å². The molecule has 0 radical (unpaired) electrons.